The summed E-state index contributed by atoms with van der Waals surface area (Å²) in [6.45, 7) is 8.02. The third kappa shape index (κ3) is 3.84. The van der Waals surface area contributed by atoms with Crippen LogP contribution >= 0.6 is 0 Å². The first-order valence-electron chi connectivity index (χ1n) is 7.80. The van der Waals surface area contributed by atoms with Gasteiger partial charge >= 0.3 is 11.8 Å². The van der Waals surface area contributed by atoms with Gasteiger partial charge in [0.15, 0.2) is 5.75 Å². The lowest BCUT2D eigenvalue weighted by Gasteiger charge is -2.24. The summed E-state index contributed by atoms with van der Waals surface area (Å²) in [7, 11) is 0. The van der Waals surface area contributed by atoms with Crippen LogP contribution in [0.2, 0.25) is 0 Å². The van der Waals surface area contributed by atoms with Crippen molar-refractivity contribution in [1.82, 2.24) is 4.90 Å². The summed E-state index contributed by atoms with van der Waals surface area (Å²) >= 11 is 0. The lowest BCUT2D eigenvalue weighted by molar-refractivity contribution is -0.385. The smallest absolute Gasteiger partial charge is 0.410 e. The SMILES string of the molecule is CCc1cc(O)c([N+](=O)[O-])cc1C1=CCN(C(=O)OC(C)(C)C)C1. The van der Waals surface area contributed by atoms with E-state index >= 15 is 0 Å². The normalized spacial score (nSPS) is 14.5. The maximum atomic E-state index is 12.1. The van der Waals surface area contributed by atoms with Gasteiger partial charge in [-0.15, -0.1) is 0 Å². The minimum absolute atomic E-state index is 0.323. The predicted molar refractivity (Wildman–Crippen MR) is 89.9 cm³/mol. The first-order chi connectivity index (χ1) is 11.1. The summed E-state index contributed by atoms with van der Waals surface area (Å²) in [5.74, 6) is -0.344. The average molecular weight is 334 g/mol. The molecule has 1 heterocycles. The highest BCUT2D eigenvalue weighted by Gasteiger charge is 2.27. The van der Waals surface area contributed by atoms with Gasteiger partial charge in [-0.05, 0) is 50.0 Å². The number of ether oxygens (including phenoxy) is 1. The van der Waals surface area contributed by atoms with Crippen molar-refractivity contribution in [1.29, 1.82) is 0 Å². The molecule has 1 aliphatic rings. The number of aromatic hydroxyl groups is 1. The molecule has 1 aromatic carbocycles. The van der Waals surface area contributed by atoms with Crippen molar-refractivity contribution >= 4 is 17.4 Å². The van der Waals surface area contributed by atoms with Crippen molar-refractivity contribution in [3.8, 4) is 5.75 Å². The zero-order valence-corrected chi connectivity index (χ0v) is 14.3. The van der Waals surface area contributed by atoms with Gasteiger partial charge in [-0.2, -0.15) is 0 Å². The fourth-order valence-corrected chi connectivity index (χ4v) is 2.57. The molecule has 1 amide bonds. The van der Waals surface area contributed by atoms with Crippen LogP contribution in [0.5, 0.6) is 5.75 Å². The number of nitro benzene ring substituents is 1. The molecule has 0 atom stereocenters. The number of benzene rings is 1. The molecule has 0 unspecified atom stereocenters. The van der Waals surface area contributed by atoms with Crippen LogP contribution in [0.25, 0.3) is 5.57 Å². The molecule has 7 nitrogen and oxygen atoms in total. The van der Waals surface area contributed by atoms with E-state index in [1.54, 1.807) is 25.7 Å². The number of hydrogen-bond donors (Lipinski definition) is 1. The molecule has 130 valence electrons. The highest BCUT2D eigenvalue weighted by atomic mass is 16.6. The second-order valence-corrected chi connectivity index (χ2v) is 6.70. The Morgan fingerprint density at radius 2 is 2.08 bits per heavy atom. The summed E-state index contributed by atoms with van der Waals surface area (Å²) < 4.78 is 5.35. The van der Waals surface area contributed by atoms with Gasteiger partial charge in [0.25, 0.3) is 0 Å². The van der Waals surface area contributed by atoms with E-state index in [-0.39, 0.29) is 11.4 Å². The number of nitrogens with zero attached hydrogens (tertiary/aromatic N) is 2. The van der Waals surface area contributed by atoms with Gasteiger partial charge in [0.1, 0.15) is 5.60 Å². The standard InChI is InChI=1S/C17H22N2O5/c1-5-11-8-15(20)14(19(22)23)9-13(11)12-6-7-18(10-12)16(21)24-17(2,3)4/h6,8-9,20H,5,7,10H2,1-4H3. The molecule has 0 aromatic heterocycles. The Morgan fingerprint density at radius 1 is 1.42 bits per heavy atom. The summed E-state index contributed by atoms with van der Waals surface area (Å²) in [6.07, 6.45) is 2.06. The van der Waals surface area contributed by atoms with E-state index in [9.17, 15) is 20.0 Å². The summed E-state index contributed by atoms with van der Waals surface area (Å²) in [5, 5.41) is 20.8. The molecule has 0 fully saturated rings. The fourth-order valence-electron chi connectivity index (χ4n) is 2.57. The molecule has 0 aliphatic carbocycles. The molecule has 1 aliphatic heterocycles. The molecule has 1 N–H and O–H groups in total. The van der Waals surface area contributed by atoms with Crippen LogP contribution in [0.4, 0.5) is 10.5 Å². The van der Waals surface area contributed by atoms with Crippen molar-refractivity contribution < 1.29 is 19.6 Å². The van der Waals surface area contributed by atoms with Crippen LogP contribution < -0.4 is 0 Å². The molecular formula is C17H22N2O5. The second-order valence-electron chi connectivity index (χ2n) is 6.70. The Bertz CT molecular complexity index is 704. The van der Waals surface area contributed by atoms with Crippen molar-refractivity contribution in [3.63, 3.8) is 0 Å². The number of carbonyl (C=O) groups excluding carboxylic acids is 1. The first-order valence-corrected chi connectivity index (χ1v) is 7.80. The summed E-state index contributed by atoms with van der Waals surface area (Å²) in [4.78, 5) is 24.1. The number of amides is 1. The first kappa shape index (κ1) is 17.8. The van der Waals surface area contributed by atoms with E-state index < -0.39 is 16.6 Å². The van der Waals surface area contributed by atoms with Crippen LogP contribution in [0.15, 0.2) is 18.2 Å². The Hall–Kier alpha value is -2.57. The number of phenols is 1. The lowest BCUT2D eigenvalue weighted by atomic mass is 9.97. The van der Waals surface area contributed by atoms with Gasteiger partial charge in [0.05, 0.1) is 4.92 Å². The number of aryl methyl sites for hydroxylation is 1. The molecule has 24 heavy (non-hydrogen) atoms. The third-order valence-corrected chi connectivity index (χ3v) is 3.69. The average Bonchev–Trinajstić information content (AvgIpc) is 2.94. The van der Waals surface area contributed by atoms with E-state index in [0.717, 1.165) is 11.1 Å². The summed E-state index contributed by atoms with van der Waals surface area (Å²) in [5.41, 5.74) is 1.40. The van der Waals surface area contributed by atoms with Gasteiger partial charge < -0.3 is 14.7 Å². The van der Waals surface area contributed by atoms with E-state index in [4.69, 9.17) is 4.74 Å². The third-order valence-electron chi connectivity index (χ3n) is 3.69. The maximum Gasteiger partial charge on any atom is 0.410 e. The van der Waals surface area contributed by atoms with Crippen molar-refractivity contribution in [2.75, 3.05) is 13.1 Å². The molecular weight excluding hydrogens is 312 g/mol. The molecule has 0 saturated heterocycles. The van der Waals surface area contributed by atoms with Gasteiger partial charge in [0.2, 0.25) is 0 Å². The van der Waals surface area contributed by atoms with Crippen LogP contribution in [0, 0.1) is 10.1 Å². The van der Waals surface area contributed by atoms with Crippen molar-refractivity contribution in [2.45, 2.75) is 39.7 Å². The van der Waals surface area contributed by atoms with Gasteiger partial charge in [0, 0.05) is 19.2 Å². The van der Waals surface area contributed by atoms with Gasteiger partial charge in [-0.25, -0.2) is 4.79 Å². The maximum absolute atomic E-state index is 12.1. The number of phenolic OH excluding ortho intramolecular Hbond substituents is 1. The zero-order valence-electron chi connectivity index (χ0n) is 14.3. The van der Waals surface area contributed by atoms with Crippen LogP contribution in [0.3, 0.4) is 0 Å². The minimum atomic E-state index is -0.612. The van der Waals surface area contributed by atoms with E-state index in [1.165, 1.54) is 12.1 Å². The van der Waals surface area contributed by atoms with Crippen LogP contribution in [-0.4, -0.2) is 39.7 Å². The Kier molecular flexibility index (Phi) is 4.82. The van der Waals surface area contributed by atoms with E-state index in [1.807, 2.05) is 13.0 Å². The molecule has 0 saturated carbocycles. The monoisotopic (exact) mass is 334 g/mol. The Morgan fingerprint density at radius 3 is 2.62 bits per heavy atom. The van der Waals surface area contributed by atoms with Crippen molar-refractivity contribution in [3.05, 3.63) is 39.4 Å². The summed E-state index contributed by atoms with van der Waals surface area (Å²) in [6, 6.07) is 2.79. The number of rotatable bonds is 3. The molecule has 0 radical (unpaired) electrons. The number of hydrogen-bond acceptors (Lipinski definition) is 5. The number of nitro groups is 1. The number of carbonyl (C=O) groups is 1. The van der Waals surface area contributed by atoms with E-state index in [2.05, 4.69) is 0 Å². The van der Waals surface area contributed by atoms with Crippen LogP contribution in [0.1, 0.15) is 38.8 Å². The predicted octanol–water partition coefficient (Wildman–Crippen LogP) is 3.50. The molecule has 0 bridgehead atoms. The quantitative estimate of drug-likeness (QED) is 0.674. The van der Waals surface area contributed by atoms with Gasteiger partial charge in [-0.3, -0.25) is 10.1 Å². The topological polar surface area (TPSA) is 92.9 Å². The zero-order chi connectivity index (χ0) is 18.1. The molecule has 1 aromatic rings. The highest BCUT2D eigenvalue weighted by molar-refractivity contribution is 5.80. The van der Waals surface area contributed by atoms with Gasteiger partial charge in [-0.1, -0.05) is 13.0 Å². The fraction of sp³-hybridized carbons (Fsp3) is 0.471. The molecule has 7 heteroatoms. The van der Waals surface area contributed by atoms with E-state index in [0.29, 0.717) is 25.1 Å². The molecule has 2 rings (SSSR count). The molecule has 0 spiro atoms. The largest absolute Gasteiger partial charge is 0.502 e. The second kappa shape index (κ2) is 6.51. The minimum Gasteiger partial charge on any atom is -0.502 e. The Labute approximate surface area is 140 Å². The van der Waals surface area contributed by atoms with Crippen LogP contribution in [-0.2, 0) is 11.2 Å². The lowest BCUT2D eigenvalue weighted by Crippen LogP contribution is -2.35. The highest BCUT2D eigenvalue weighted by Crippen LogP contribution is 2.34. The van der Waals surface area contributed by atoms with Crippen molar-refractivity contribution in [2.24, 2.45) is 0 Å². The Balaban J connectivity index is 2.26.